The lowest BCUT2D eigenvalue weighted by molar-refractivity contribution is -0.389. The third-order valence-corrected chi connectivity index (χ3v) is 3.54. The molecule has 10 heteroatoms. The van der Waals surface area contributed by atoms with Gasteiger partial charge >= 0.3 is 5.69 Å². The molecule has 1 heterocycles. The van der Waals surface area contributed by atoms with Crippen molar-refractivity contribution in [3.8, 4) is 0 Å². The molecule has 0 aliphatic heterocycles. The van der Waals surface area contributed by atoms with E-state index in [0.29, 0.717) is 0 Å². The zero-order chi connectivity index (χ0) is 15.6. The number of aromatic nitrogens is 2. The van der Waals surface area contributed by atoms with E-state index in [0.717, 1.165) is 11.8 Å². The number of rotatable bonds is 4. The van der Waals surface area contributed by atoms with E-state index in [1.807, 2.05) is 0 Å². The molecule has 0 saturated carbocycles. The highest BCUT2D eigenvalue weighted by Crippen LogP contribution is 2.38. The van der Waals surface area contributed by atoms with Gasteiger partial charge in [0.15, 0.2) is 5.03 Å². The number of benzene rings is 1. The van der Waals surface area contributed by atoms with Gasteiger partial charge in [-0.25, -0.2) is 4.98 Å². The van der Waals surface area contributed by atoms with Crippen LogP contribution in [0.5, 0.6) is 0 Å². The van der Waals surface area contributed by atoms with Gasteiger partial charge in [0.1, 0.15) is 5.69 Å². The molecule has 0 aliphatic rings. The van der Waals surface area contributed by atoms with Crippen LogP contribution < -0.4 is 5.73 Å². The van der Waals surface area contributed by atoms with Gasteiger partial charge in [0.05, 0.1) is 14.7 Å². The Morgan fingerprint density at radius 1 is 1.14 bits per heavy atom. The molecule has 0 saturated heterocycles. The minimum atomic E-state index is -0.633. The first kappa shape index (κ1) is 14.7. The molecular formula is C11H9N5O4S. The summed E-state index contributed by atoms with van der Waals surface area (Å²) in [7, 11) is 0. The Kier molecular flexibility index (Phi) is 3.98. The van der Waals surface area contributed by atoms with E-state index >= 15 is 0 Å². The molecule has 0 bridgehead atoms. The summed E-state index contributed by atoms with van der Waals surface area (Å²) in [5, 5.41) is 22.0. The van der Waals surface area contributed by atoms with E-state index in [4.69, 9.17) is 5.73 Å². The number of nitrogen functional groups attached to an aromatic ring is 1. The molecule has 0 spiro atoms. The SMILES string of the molecule is Cc1nc(N)nc(Sc2ccccc2[N+](=O)[O-])c1[N+](=O)[O-]. The van der Waals surface area contributed by atoms with E-state index < -0.39 is 9.85 Å². The minimum Gasteiger partial charge on any atom is -0.368 e. The van der Waals surface area contributed by atoms with Crippen LogP contribution in [-0.2, 0) is 0 Å². The van der Waals surface area contributed by atoms with Gasteiger partial charge < -0.3 is 5.73 Å². The van der Waals surface area contributed by atoms with Crippen molar-refractivity contribution in [2.45, 2.75) is 16.8 Å². The molecule has 1 aromatic carbocycles. The first-order valence-corrected chi connectivity index (χ1v) is 6.41. The van der Waals surface area contributed by atoms with Crippen LogP contribution in [0.3, 0.4) is 0 Å². The molecule has 0 unspecified atom stereocenters. The van der Waals surface area contributed by atoms with Crippen molar-refractivity contribution >= 4 is 29.1 Å². The van der Waals surface area contributed by atoms with Crippen LogP contribution in [0.2, 0.25) is 0 Å². The molecule has 108 valence electrons. The van der Waals surface area contributed by atoms with Crippen molar-refractivity contribution in [3.63, 3.8) is 0 Å². The average Bonchev–Trinajstić information content (AvgIpc) is 2.37. The van der Waals surface area contributed by atoms with Crippen molar-refractivity contribution in [1.29, 1.82) is 0 Å². The number of nitrogens with two attached hydrogens (primary N) is 1. The highest BCUT2D eigenvalue weighted by Gasteiger charge is 2.25. The second-order valence-electron chi connectivity index (χ2n) is 3.90. The van der Waals surface area contributed by atoms with Crippen LogP contribution in [-0.4, -0.2) is 19.8 Å². The maximum absolute atomic E-state index is 11.1. The van der Waals surface area contributed by atoms with Crippen LogP contribution in [0.25, 0.3) is 0 Å². The fourth-order valence-electron chi connectivity index (χ4n) is 1.64. The molecular weight excluding hydrogens is 298 g/mol. The molecule has 2 N–H and O–H groups in total. The van der Waals surface area contributed by atoms with Gasteiger partial charge in [0, 0.05) is 6.07 Å². The molecule has 21 heavy (non-hydrogen) atoms. The highest BCUT2D eigenvalue weighted by molar-refractivity contribution is 7.99. The predicted molar refractivity (Wildman–Crippen MR) is 75.1 cm³/mol. The largest absolute Gasteiger partial charge is 0.368 e. The van der Waals surface area contributed by atoms with E-state index in [-0.39, 0.29) is 32.9 Å². The van der Waals surface area contributed by atoms with Gasteiger partial charge in [-0.05, 0) is 13.0 Å². The van der Waals surface area contributed by atoms with E-state index in [9.17, 15) is 20.2 Å². The number of nitrogens with zero attached hydrogens (tertiary/aromatic N) is 4. The first-order chi connectivity index (χ1) is 9.90. The molecule has 9 nitrogen and oxygen atoms in total. The summed E-state index contributed by atoms with van der Waals surface area (Å²) in [6.07, 6.45) is 0. The van der Waals surface area contributed by atoms with Crippen LogP contribution in [0.4, 0.5) is 17.3 Å². The van der Waals surface area contributed by atoms with Gasteiger partial charge in [-0.15, -0.1) is 0 Å². The Morgan fingerprint density at radius 3 is 2.43 bits per heavy atom. The monoisotopic (exact) mass is 307 g/mol. The topological polar surface area (TPSA) is 138 Å². The zero-order valence-electron chi connectivity index (χ0n) is 10.7. The lowest BCUT2D eigenvalue weighted by Crippen LogP contribution is -2.04. The van der Waals surface area contributed by atoms with E-state index in [1.54, 1.807) is 6.07 Å². The number of anilines is 1. The molecule has 2 aromatic rings. The second-order valence-corrected chi connectivity index (χ2v) is 4.94. The maximum atomic E-state index is 11.1. The Morgan fingerprint density at radius 2 is 1.81 bits per heavy atom. The summed E-state index contributed by atoms with van der Waals surface area (Å²) in [5.41, 5.74) is 5.12. The van der Waals surface area contributed by atoms with Gasteiger partial charge in [-0.3, -0.25) is 20.2 Å². The van der Waals surface area contributed by atoms with Crippen LogP contribution in [0, 0.1) is 27.2 Å². The van der Waals surface area contributed by atoms with Crippen molar-refractivity contribution in [3.05, 3.63) is 50.2 Å². The Labute approximate surface area is 122 Å². The van der Waals surface area contributed by atoms with E-state index in [1.165, 1.54) is 25.1 Å². The summed E-state index contributed by atoms with van der Waals surface area (Å²) in [6.45, 7) is 1.43. The van der Waals surface area contributed by atoms with Crippen LogP contribution in [0.1, 0.15) is 5.69 Å². The number of hydrogen-bond acceptors (Lipinski definition) is 8. The Hall–Kier alpha value is -2.75. The summed E-state index contributed by atoms with van der Waals surface area (Å²) < 4.78 is 0. The Balaban J connectivity index is 2.54. The fraction of sp³-hybridized carbons (Fsp3) is 0.0909. The normalized spacial score (nSPS) is 10.3. The molecule has 0 fully saturated rings. The number of para-hydroxylation sites is 1. The first-order valence-electron chi connectivity index (χ1n) is 5.60. The number of nitro benzene ring substituents is 1. The van der Waals surface area contributed by atoms with Crippen molar-refractivity contribution in [2.24, 2.45) is 0 Å². The van der Waals surface area contributed by atoms with Crippen LogP contribution >= 0.6 is 11.8 Å². The summed E-state index contributed by atoms with van der Waals surface area (Å²) in [6, 6.07) is 5.90. The lowest BCUT2D eigenvalue weighted by Gasteiger charge is -2.05. The molecule has 0 atom stereocenters. The zero-order valence-corrected chi connectivity index (χ0v) is 11.5. The second kappa shape index (κ2) is 5.71. The third kappa shape index (κ3) is 3.05. The third-order valence-electron chi connectivity index (χ3n) is 2.49. The van der Waals surface area contributed by atoms with Gasteiger partial charge in [-0.2, -0.15) is 4.98 Å². The number of aryl methyl sites for hydroxylation is 1. The minimum absolute atomic E-state index is 0.0284. The van der Waals surface area contributed by atoms with Crippen molar-refractivity contribution < 1.29 is 9.85 Å². The quantitative estimate of drug-likeness (QED) is 0.516. The lowest BCUT2D eigenvalue weighted by atomic mass is 10.3. The standard InChI is InChI=1S/C11H9N5O4S/c1-6-9(16(19)20)10(14-11(12)13-6)21-8-5-3-2-4-7(8)15(17)18/h2-5H,1H3,(H2,12,13,14). The van der Waals surface area contributed by atoms with Gasteiger partial charge in [0.25, 0.3) is 5.69 Å². The highest BCUT2D eigenvalue weighted by atomic mass is 32.2. The average molecular weight is 307 g/mol. The van der Waals surface area contributed by atoms with Gasteiger partial charge in [-0.1, -0.05) is 23.9 Å². The summed E-state index contributed by atoms with van der Waals surface area (Å²) in [5.74, 6) is -0.126. The summed E-state index contributed by atoms with van der Waals surface area (Å²) >= 11 is 0.811. The van der Waals surface area contributed by atoms with E-state index in [2.05, 4.69) is 9.97 Å². The molecule has 0 aliphatic carbocycles. The summed E-state index contributed by atoms with van der Waals surface area (Å²) in [4.78, 5) is 28.7. The molecule has 2 rings (SSSR count). The molecule has 0 radical (unpaired) electrons. The smallest absolute Gasteiger partial charge is 0.322 e. The van der Waals surface area contributed by atoms with Crippen molar-refractivity contribution in [2.75, 3.05) is 5.73 Å². The fourth-order valence-corrected chi connectivity index (χ4v) is 2.70. The van der Waals surface area contributed by atoms with Crippen molar-refractivity contribution in [1.82, 2.24) is 9.97 Å². The number of hydrogen-bond donors (Lipinski definition) is 1. The predicted octanol–water partition coefficient (Wildman–Crippen LogP) is 2.33. The maximum Gasteiger partial charge on any atom is 0.322 e. The molecule has 1 aromatic heterocycles. The van der Waals surface area contributed by atoms with Crippen LogP contribution in [0.15, 0.2) is 34.2 Å². The number of nitro groups is 2. The Bertz CT molecular complexity index is 737. The molecule has 0 amide bonds. The van der Waals surface area contributed by atoms with Gasteiger partial charge in [0.2, 0.25) is 5.95 Å².